The second-order valence-corrected chi connectivity index (χ2v) is 6.28. The van der Waals surface area contributed by atoms with Crippen LogP contribution in [0.1, 0.15) is 11.3 Å². The summed E-state index contributed by atoms with van der Waals surface area (Å²) in [5.41, 5.74) is 2.20. The van der Waals surface area contributed by atoms with Crippen LogP contribution in [-0.4, -0.2) is 16.1 Å². The van der Waals surface area contributed by atoms with Crippen molar-refractivity contribution in [2.45, 2.75) is 6.18 Å². The number of nitrogens with zero attached hydrogens (tertiary/aromatic N) is 3. The number of hydrazone groups is 1. The van der Waals surface area contributed by atoms with E-state index in [-0.39, 0.29) is 11.5 Å². The van der Waals surface area contributed by atoms with Crippen LogP contribution in [0.5, 0.6) is 0 Å². The number of hydrogen-bond donors (Lipinski definition) is 1. The second-order valence-electron chi connectivity index (χ2n) is 5.42. The normalized spacial score (nSPS) is 11.7. The van der Waals surface area contributed by atoms with Crippen LogP contribution in [0.25, 0.3) is 11.3 Å². The smallest absolute Gasteiger partial charge is 0.417 e. The van der Waals surface area contributed by atoms with E-state index in [0.29, 0.717) is 27.8 Å². The number of non-ortho nitro benzene ring substituents is 1. The fourth-order valence-electron chi connectivity index (χ4n) is 2.17. The Labute approximate surface area is 164 Å². The van der Waals surface area contributed by atoms with Crippen molar-refractivity contribution in [3.63, 3.8) is 0 Å². The summed E-state index contributed by atoms with van der Waals surface area (Å²) in [6, 6.07) is 9.59. The molecule has 0 saturated heterocycles. The van der Waals surface area contributed by atoms with Gasteiger partial charge in [0, 0.05) is 28.4 Å². The summed E-state index contributed by atoms with van der Waals surface area (Å²) >= 11 is 3.27. The molecule has 0 spiro atoms. The predicted octanol–water partition coefficient (Wildman–Crippen LogP) is 5.48. The third kappa shape index (κ3) is 4.55. The number of alkyl halides is 3. The highest BCUT2D eigenvalue weighted by atomic mass is 79.9. The van der Waals surface area contributed by atoms with Gasteiger partial charge < -0.3 is 4.42 Å². The quantitative estimate of drug-likeness (QED) is 0.313. The molecule has 1 aromatic carbocycles. The van der Waals surface area contributed by atoms with Gasteiger partial charge in [0.15, 0.2) is 0 Å². The molecule has 0 saturated carbocycles. The van der Waals surface area contributed by atoms with Crippen LogP contribution >= 0.6 is 15.9 Å². The number of nitrogens with one attached hydrogen (secondary N) is 1. The molecule has 7 nitrogen and oxygen atoms in total. The van der Waals surface area contributed by atoms with Crippen LogP contribution in [-0.2, 0) is 6.18 Å². The van der Waals surface area contributed by atoms with Crippen LogP contribution in [0, 0.1) is 10.1 Å². The Morgan fingerprint density at radius 2 is 2.00 bits per heavy atom. The molecule has 2 aromatic heterocycles. The van der Waals surface area contributed by atoms with Gasteiger partial charge in [-0.25, -0.2) is 4.98 Å². The van der Waals surface area contributed by atoms with Crippen LogP contribution in [0.3, 0.4) is 0 Å². The standard InChI is InChI=1S/C17H10BrF3N4O3/c18-14-7-11(25(26)27)2-4-13(14)15-5-3-12(28-15)9-23-24-16-6-1-10(8-22-16)17(19,20)21/h1-9H,(H,22,24)/b23-9+. The minimum absolute atomic E-state index is 0.0581. The number of nitro groups is 1. The van der Waals surface area contributed by atoms with E-state index < -0.39 is 16.7 Å². The second kappa shape index (κ2) is 7.80. The SMILES string of the molecule is O=[N+]([O-])c1ccc(-c2ccc(/C=N/Nc3ccc(C(F)(F)F)cn3)o2)c(Br)c1. The van der Waals surface area contributed by atoms with Crippen molar-refractivity contribution in [3.05, 3.63) is 74.6 Å². The molecule has 2 heterocycles. The van der Waals surface area contributed by atoms with Gasteiger partial charge in [0.2, 0.25) is 0 Å². The highest BCUT2D eigenvalue weighted by molar-refractivity contribution is 9.10. The van der Waals surface area contributed by atoms with E-state index in [1.807, 2.05) is 0 Å². The van der Waals surface area contributed by atoms with Crippen LogP contribution in [0.4, 0.5) is 24.7 Å². The van der Waals surface area contributed by atoms with Gasteiger partial charge in [-0.1, -0.05) is 0 Å². The highest BCUT2D eigenvalue weighted by Crippen LogP contribution is 2.32. The summed E-state index contributed by atoms with van der Waals surface area (Å²) in [5.74, 6) is 0.949. The van der Waals surface area contributed by atoms with Gasteiger partial charge in [-0.05, 0) is 46.3 Å². The Morgan fingerprint density at radius 1 is 1.21 bits per heavy atom. The third-order valence-corrected chi connectivity index (χ3v) is 4.17. The molecule has 0 aliphatic heterocycles. The Balaban J connectivity index is 1.68. The van der Waals surface area contributed by atoms with Crippen molar-refractivity contribution in [1.29, 1.82) is 0 Å². The van der Waals surface area contributed by atoms with Crippen molar-refractivity contribution in [2.75, 3.05) is 5.43 Å². The number of aromatic nitrogens is 1. The lowest BCUT2D eigenvalue weighted by Gasteiger charge is -2.06. The maximum absolute atomic E-state index is 12.5. The number of benzene rings is 1. The summed E-state index contributed by atoms with van der Waals surface area (Å²) in [6.07, 6.45) is -2.43. The summed E-state index contributed by atoms with van der Waals surface area (Å²) in [5, 5.41) is 14.6. The zero-order chi connectivity index (χ0) is 20.3. The molecule has 0 amide bonds. The summed E-state index contributed by atoms with van der Waals surface area (Å²) in [7, 11) is 0. The maximum atomic E-state index is 12.5. The lowest BCUT2D eigenvalue weighted by Crippen LogP contribution is -2.05. The van der Waals surface area contributed by atoms with Crippen molar-refractivity contribution in [2.24, 2.45) is 5.10 Å². The molecule has 0 bridgehead atoms. The first-order valence-electron chi connectivity index (χ1n) is 7.60. The number of pyridine rings is 1. The minimum Gasteiger partial charge on any atom is -0.455 e. The van der Waals surface area contributed by atoms with Gasteiger partial charge in [-0.3, -0.25) is 15.5 Å². The fourth-order valence-corrected chi connectivity index (χ4v) is 2.74. The van der Waals surface area contributed by atoms with Gasteiger partial charge in [-0.2, -0.15) is 18.3 Å². The molecule has 3 aromatic rings. The molecule has 1 N–H and O–H groups in total. The van der Waals surface area contributed by atoms with Crippen molar-refractivity contribution >= 4 is 33.6 Å². The van der Waals surface area contributed by atoms with E-state index in [0.717, 1.165) is 12.1 Å². The number of rotatable bonds is 5. The van der Waals surface area contributed by atoms with Gasteiger partial charge in [-0.15, -0.1) is 0 Å². The summed E-state index contributed by atoms with van der Waals surface area (Å²) < 4.78 is 43.5. The summed E-state index contributed by atoms with van der Waals surface area (Å²) in [4.78, 5) is 13.9. The van der Waals surface area contributed by atoms with E-state index in [1.165, 1.54) is 18.3 Å². The Hall–Kier alpha value is -3.21. The highest BCUT2D eigenvalue weighted by Gasteiger charge is 2.30. The molecule has 0 aliphatic carbocycles. The third-order valence-electron chi connectivity index (χ3n) is 3.52. The van der Waals surface area contributed by atoms with E-state index in [2.05, 4.69) is 31.4 Å². The number of halogens is 4. The van der Waals surface area contributed by atoms with Gasteiger partial charge >= 0.3 is 6.18 Å². The predicted molar refractivity (Wildman–Crippen MR) is 99.0 cm³/mol. The molecule has 0 unspecified atom stereocenters. The molecule has 144 valence electrons. The van der Waals surface area contributed by atoms with E-state index in [1.54, 1.807) is 18.2 Å². The Kier molecular flexibility index (Phi) is 5.45. The first-order chi connectivity index (χ1) is 13.2. The lowest BCUT2D eigenvalue weighted by molar-refractivity contribution is -0.384. The maximum Gasteiger partial charge on any atom is 0.417 e. The number of anilines is 1. The average molecular weight is 455 g/mol. The molecule has 11 heteroatoms. The molecule has 0 aliphatic rings. The molecule has 0 atom stereocenters. The fraction of sp³-hybridized carbons (Fsp3) is 0.0588. The first kappa shape index (κ1) is 19.5. The average Bonchev–Trinajstić information content (AvgIpc) is 3.10. The molecular formula is C17H10BrF3N4O3. The topological polar surface area (TPSA) is 93.6 Å². The minimum atomic E-state index is -4.45. The van der Waals surface area contributed by atoms with Crippen molar-refractivity contribution in [3.8, 4) is 11.3 Å². The first-order valence-corrected chi connectivity index (χ1v) is 8.40. The zero-order valence-electron chi connectivity index (χ0n) is 13.8. The van der Waals surface area contributed by atoms with E-state index >= 15 is 0 Å². The lowest BCUT2D eigenvalue weighted by atomic mass is 10.1. The van der Waals surface area contributed by atoms with Gasteiger partial charge in [0.05, 0.1) is 16.7 Å². The molecule has 3 rings (SSSR count). The van der Waals surface area contributed by atoms with Crippen LogP contribution in [0.2, 0.25) is 0 Å². The van der Waals surface area contributed by atoms with Crippen molar-refractivity contribution in [1.82, 2.24) is 4.98 Å². The largest absolute Gasteiger partial charge is 0.455 e. The molecule has 28 heavy (non-hydrogen) atoms. The van der Waals surface area contributed by atoms with E-state index in [9.17, 15) is 23.3 Å². The zero-order valence-corrected chi connectivity index (χ0v) is 15.4. The summed E-state index contributed by atoms with van der Waals surface area (Å²) in [6.45, 7) is 0. The number of nitro benzene ring substituents is 1. The Morgan fingerprint density at radius 3 is 2.61 bits per heavy atom. The van der Waals surface area contributed by atoms with Gasteiger partial charge in [0.25, 0.3) is 5.69 Å². The van der Waals surface area contributed by atoms with E-state index in [4.69, 9.17) is 4.42 Å². The molecular weight excluding hydrogens is 445 g/mol. The van der Waals surface area contributed by atoms with Crippen LogP contribution in [0.15, 0.2) is 62.7 Å². The van der Waals surface area contributed by atoms with Crippen molar-refractivity contribution < 1.29 is 22.5 Å². The molecule has 0 radical (unpaired) electrons. The monoisotopic (exact) mass is 454 g/mol. The van der Waals surface area contributed by atoms with Gasteiger partial charge in [0.1, 0.15) is 17.3 Å². The number of hydrogen-bond acceptors (Lipinski definition) is 6. The molecule has 0 fully saturated rings. The number of furan rings is 1. The Bertz CT molecular complexity index is 1030. The van der Waals surface area contributed by atoms with Crippen LogP contribution < -0.4 is 5.43 Å².